The van der Waals surface area contributed by atoms with Gasteiger partial charge in [-0.05, 0) is 30.7 Å². The Kier molecular flexibility index (Phi) is 5.84. The van der Waals surface area contributed by atoms with Crippen LogP contribution in [0.5, 0.6) is 0 Å². The fraction of sp³-hybridized carbons (Fsp3) is 0.316. The molecule has 1 N–H and O–H groups in total. The number of halogens is 2. The standard InChI is InChI=1S/C19H19F2N3O4/c1-12(13-2-4-16(20)17(21)10-13)22-19(25)15-11-14(24(26)27)3-5-18(15)23-6-8-28-9-7-23/h2-5,10-12H,6-9H2,1H3,(H,22,25). The quantitative estimate of drug-likeness (QED) is 0.625. The third-order valence-electron chi connectivity index (χ3n) is 4.58. The molecule has 1 amide bonds. The van der Waals surface area contributed by atoms with Crippen LogP contribution in [0.4, 0.5) is 20.2 Å². The maximum Gasteiger partial charge on any atom is 0.270 e. The number of nitro groups is 1. The fourth-order valence-electron chi connectivity index (χ4n) is 3.04. The number of rotatable bonds is 5. The molecule has 2 aromatic rings. The number of hydrogen-bond donors (Lipinski definition) is 1. The van der Waals surface area contributed by atoms with Crippen molar-refractivity contribution in [3.8, 4) is 0 Å². The molecular weight excluding hydrogens is 372 g/mol. The van der Waals surface area contributed by atoms with Crippen LogP contribution in [0.1, 0.15) is 28.9 Å². The molecule has 7 nitrogen and oxygen atoms in total. The maximum atomic E-state index is 13.5. The summed E-state index contributed by atoms with van der Waals surface area (Å²) in [5.74, 6) is -2.53. The molecular formula is C19H19F2N3O4. The van der Waals surface area contributed by atoms with Gasteiger partial charge in [0.2, 0.25) is 0 Å². The summed E-state index contributed by atoms with van der Waals surface area (Å²) < 4.78 is 31.9. The van der Waals surface area contributed by atoms with Crippen LogP contribution in [0.25, 0.3) is 0 Å². The lowest BCUT2D eigenvalue weighted by atomic mass is 10.1. The number of morpholine rings is 1. The van der Waals surface area contributed by atoms with Crippen LogP contribution in [-0.4, -0.2) is 37.1 Å². The van der Waals surface area contributed by atoms with Crippen LogP contribution in [0.3, 0.4) is 0 Å². The van der Waals surface area contributed by atoms with Crippen LogP contribution in [0, 0.1) is 21.7 Å². The van der Waals surface area contributed by atoms with Gasteiger partial charge in [0.25, 0.3) is 11.6 Å². The normalized spacial score (nSPS) is 15.2. The molecule has 0 bridgehead atoms. The van der Waals surface area contributed by atoms with Gasteiger partial charge in [-0.2, -0.15) is 0 Å². The Morgan fingerprint density at radius 3 is 2.54 bits per heavy atom. The SMILES string of the molecule is CC(NC(=O)c1cc([N+](=O)[O-])ccc1N1CCOCC1)c1ccc(F)c(F)c1. The first-order valence-corrected chi connectivity index (χ1v) is 8.74. The van der Waals surface area contributed by atoms with Gasteiger partial charge in [-0.15, -0.1) is 0 Å². The molecule has 0 saturated carbocycles. The number of ether oxygens (including phenoxy) is 1. The lowest BCUT2D eigenvalue weighted by molar-refractivity contribution is -0.384. The Morgan fingerprint density at radius 2 is 1.89 bits per heavy atom. The van der Waals surface area contributed by atoms with E-state index in [2.05, 4.69) is 5.32 Å². The third-order valence-corrected chi connectivity index (χ3v) is 4.58. The van der Waals surface area contributed by atoms with Gasteiger partial charge in [-0.3, -0.25) is 14.9 Å². The zero-order valence-corrected chi connectivity index (χ0v) is 15.2. The molecule has 28 heavy (non-hydrogen) atoms. The van der Waals surface area contributed by atoms with E-state index < -0.39 is 28.5 Å². The van der Waals surface area contributed by atoms with Crippen molar-refractivity contribution in [1.82, 2.24) is 5.32 Å². The van der Waals surface area contributed by atoms with Gasteiger partial charge in [-0.1, -0.05) is 6.07 Å². The molecule has 1 fully saturated rings. The molecule has 1 saturated heterocycles. The number of nitro benzene ring substituents is 1. The van der Waals surface area contributed by atoms with Crippen molar-refractivity contribution in [3.05, 3.63) is 69.3 Å². The summed E-state index contributed by atoms with van der Waals surface area (Å²) in [6, 6.07) is 6.86. The van der Waals surface area contributed by atoms with Crippen molar-refractivity contribution >= 4 is 17.3 Å². The van der Waals surface area contributed by atoms with Crippen molar-refractivity contribution in [2.24, 2.45) is 0 Å². The predicted octanol–water partition coefficient (Wildman–Crippen LogP) is 3.20. The molecule has 1 aliphatic heterocycles. The van der Waals surface area contributed by atoms with Crippen molar-refractivity contribution < 1.29 is 23.2 Å². The van der Waals surface area contributed by atoms with Crippen LogP contribution < -0.4 is 10.2 Å². The van der Waals surface area contributed by atoms with E-state index in [0.29, 0.717) is 37.6 Å². The molecule has 2 aromatic carbocycles. The van der Waals surface area contributed by atoms with Gasteiger partial charge in [0.1, 0.15) is 0 Å². The lowest BCUT2D eigenvalue weighted by Crippen LogP contribution is -2.38. The molecule has 0 spiro atoms. The largest absolute Gasteiger partial charge is 0.378 e. The van der Waals surface area contributed by atoms with Gasteiger partial charge in [-0.25, -0.2) is 8.78 Å². The second-order valence-electron chi connectivity index (χ2n) is 6.43. The molecule has 1 unspecified atom stereocenters. The first kappa shape index (κ1) is 19.7. The Hall–Kier alpha value is -3.07. The Labute approximate surface area is 160 Å². The summed E-state index contributed by atoms with van der Waals surface area (Å²) in [4.78, 5) is 25.3. The third kappa shape index (κ3) is 4.25. The number of anilines is 1. The summed E-state index contributed by atoms with van der Waals surface area (Å²) in [5.41, 5.74) is 0.877. The summed E-state index contributed by atoms with van der Waals surface area (Å²) in [5, 5.41) is 13.8. The predicted molar refractivity (Wildman–Crippen MR) is 98.4 cm³/mol. The second-order valence-corrected chi connectivity index (χ2v) is 6.43. The number of carbonyl (C=O) groups is 1. The van der Waals surface area contributed by atoms with Crippen LogP contribution in [-0.2, 0) is 4.74 Å². The van der Waals surface area contributed by atoms with Crippen molar-refractivity contribution in [3.63, 3.8) is 0 Å². The Morgan fingerprint density at radius 1 is 1.18 bits per heavy atom. The second kappa shape index (κ2) is 8.30. The van der Waals surface area contributed by atoms with E-state index in [4.69, 9.17) is 4.74 Å². The highest BCUT2D eigenvalue weighted by Gasteiger charge is 2.23. The zero-order chi connectivity index (χ0) is 20.3. The highest BCUT2D eigenvalue weighted by atomic mass is 19.2. The number of carbonyl (C=O) groups excluding carboxylic acids is 1. The molecule has 0 aliphatic carbocycles. The average Bonchev–Trinajstić information content (AvgIpc) is 2.70. The van der Waals surface area contributed by atoms with Gasteiger partial charge in [0, 0.05) is 25.2 Å². The fourth-order valence-corrected chi connectivity index (χ4v) is 3.04. The zero-order valence-electron chi connectivity index (χ0n) is 15.2. The van der Waals surface area contributed by atoms with Crippen molar-refractivity contribution in [2.45, 2.75) is 13.0 Å². The molecule has 148 valence electrons. The Balaban J connectivity index is 1.88. The first-order chi connectivity index (χ1) is 13.4. The van der Waals surface area contributed by atoms with E-state index in [0.717, 1.165) is 12.1 Å². The summed E-state index contributed by atoms with van der Waals surface area (Å²) in [6.45, 7) is 3.70. The van der Waals surface area contributed by atoms with E-state index in [1.807, 2.05) is 4.90 Å². The number of nitrogens with zero attached hydrogens (tertiary/aromatic N) is 2. The van der Waals surface area contributed by atoms with Crippen LogP contribution in [0.15, 0.2) is 36.4 Å². The molecule has 0 radical (unpaired) electrons. The van der Waals surface area contributed by atoms with E-state index in [9.17, 15) is 23.7 Å². The van der Waals surface area contributed by atoms with E-state index >= 15 is 0 Å². The lowest BCUT2D eigenvalue weighted by Gasteiger charge is -2.30. The Bertz CT molecular complexity index is 901. The monoisotopic (exact) mass is 391 g/mol. The van der Waals surface area contributed by atoms with E-state index in [-0.39, 0.29) is 11.3 Å². The van der Waals surface area contributed by atoms with Gasteiger partial charge in [0.15, 0.2) is 11.6 Å². The number of benzene rings is 2. The summed E-state index contributed by atoms with van der Waals surface area (Å²) in [6.07, 6.45) is 0. The summed E-state index contributed by atoms with van der Waals surface area (Å²) in [7, 11) is 0. The minimum Gasteiger partial charge on any atom is -0.378 e. The van der Waals surface area contributed by atoms with Crippen LogP contribution >= 0.6 is 0 Å². The van der Waals surface area contributed by atoms with Crippen molar-refractivity contribution in [2.75, 3.05) is 31.2 Å². The van der Waals surface area contributed by atoms with Crippen molar-refractivity contribution in [1.29, 1.82) is 0 Å². The highest BCUT2D eigenvalue weighted by molar-refractivity contribution is 6.00. The van der Waals surface area contributed by atoms with Crippen LogP contribution in [0.2, 0.25) is 0 Å². The first-order valence-electron chi connectivity index (χ1n) is 8.74. The number of nitrogens with one attached hydrogen (secondary N) is 1. The molecule has 1 heterocycles. The number of amides is 1. The minimum atomic E-state index is -1.01. The van der Waals surface area contributed by atoms with E-state index in [1.54, 1.807) is 13.0 Å². The van der Waals surface area contributed by atoms with Gasteiger partial charge < -0.3 is 15.0 Å². The molecule has 9 heteroatoms. The minimum absolute atomic E-state index is 0.144. The molecule has 0 aromatic heterocycles. The topological polar surface area (TPSA) is 84.7 Å². The van der Waals surface area contributed by atoms with E-state index in [1.165, 1.54) is 18.2 Å². The smallest absolute Gasteiger partial charge is 0.270 e. The van der Waals surface area contributed by atoms with Gasteiger partial charge >= 0.3 is 0 Å². The molecule has 1 aliphatic rings. The van der Waals surface area contributed by atoms with Gasteiger partial charge in [0.05, 0.1) is 35.4 Å². The average molecular weight is 391 g/mol. The number of hydrogen-bond acceptors (Lipinski definition) is 5. The highest BCUT2D eigenvalue weighted by Crippen LogP contribution is 2.27. The number of non-ortho nitro benzene ring substituents is 1. The summed E-state index contributed by atoms with van der Waals surface area (Å²) >= 11 is 0. The molecule has 1 atom stereocenters. The maximum absolute atomic E-state index is 13.5. The molecule has 3 rings (SSSR count).